The SMILES string of the molecule is CCNc1cc(NC2CCCS(=O)(=O)C2)nc(C2CC2)n1. The summed E-state index contributed by atoms with van der Waals surface area (Å²) >= 11 is 0. The molecule has 0 aromatic carbocycles. The Hall–Kier alpha value is -1.37. The highest BCUT2D eigenvalue weighted by Crippen LogP contribution is 2.39. The second kappa shape index (κ2) is 5.79. The Labute approximate surface area is 125 Å². The van der Waals surface area contributed by atoms with Crippen molar-refractivity contribution in [2.24, 2.45) is 0 Å². The molecule has 2 N–H and O–H groups in total. The monoisotopic (exact) mass is 310 g/mol. The molecule has 116 valence electrons. The molecule has 2 fully saturated rings. The fourth-order valence-electron chi connectivity index (χ4n) is 2.68. The summed E-state index contributed by atoms with van der Waals surface area (Å²) < 4.78 is 23.4. The van der Waals surface area contributed by atoms with Crippen molar-refractivity contribution in [1.82, 2.24) is 9.97 Å². The van der Waals surface area contributed by atoms with Gasteiger partial charge in [0.15, 0.2) is 9.84 Å². The zero-order valence-corrected chi connectivity index (χ0v) is 13.1. The van der Waals surface area contributed by atoms with E-state index in [1.165, 1.54) is 0 Å². The molecular formula is C14H22N4O2S. The number of anilines is 2. The van der Waals surface area contributed by atoms with E-state index in [-0.39, 0.29) is 11.8 Å². The van der Waals surface area contributed by atoms with Crippen molar-refractivity contribution in [3.8, 4) is 0 Å². The van der Waals surface area contributed by atoms with Crippen molar-refractivity contribution < 1.29 is 8.42 Å². The average molecular weight is 310 g/mol. The fraction of sp³-hybridized carbons (Fsp3) is 0.714. The quantitative estimate of drug-likeness (QED) is 0.862. The predicted molar refractivity (Wildman–Crippen MR) is 83.5 cm³/mol. The number of nitrogens with one attached hydrogen (secondary N) is 2. The minimum atomic E-state index is -2.91. The maximum atomic E-state index is 11.7. The van der Waals surface area contributed by atoms with Gasteiger partial charge >= 0.3 is 0 Å². The molecule has 2 heterocycles. The van der Waals surface area contributed by atoms with Crippen LogP contribution in [0.5, 0.6) is 0 Å². The molecule has 0 bridgehead atoms. The molecular weight excluding hydrogens is 288 g/mol. The highest BCUT2D eigenvalue weighted by Gasteiger charge is 2.28. The van der Waals surface area contributed by atoms with Gasteiger partial charge in [-0.25, -0.2) is 18.4 Å². The Morgan fingerprint density at radius 1 is 1.24 bits per heavy atom. The smallest absolute Gasteiger partial charge is 0.152 e. The predicted octanol–water partition coefficient (Wildman–Crippen LogP) is 1.77. The molecule has 7 heteroatoms. The number of hydrogen-bond acceptors (Lipinski definition) is 6. The summed E-state index contributed by atoms with van der Waals surface area (Å²) in [5, 5.41) is 6.50. The zero-order valence-electron chi connectivity index (χ0n) is 12.3. The van der Waals surface area contributed by atoms with Crippen molar-refractivity contribution >= 4 is 21.5 Å². The van der Waals surface area contributed by atoms with Crippen LogP contribution in [0.2, 0.25) is 0 Å². The Bertz CT molecular complexity index is 613. The number of rotatable bonds is 5. The zero-order chi connectivity index (χ0) is 14.9. The van der Waals surface area contributed by atoms with E-state index in [0.717, 1.165) is 49.7 Å². The first-order chi connectivity index (χ1) is 10.1. The van der Waals surface area contributed by atoms with E-state index in [1.54, 1.807) is 0 Å². The summed E-state index contributed by atoms with van der Waals surface area (Å²) in [4.78, 5) is 9.09. The molecule has 1 saturated heterocycles. The second-order valence-corrected chi connectivity index (χ2v) is 8.13. The summed E-state index contributed by atoms with van der Waals surface area (Å²) in [5.41, 5.74) is 0. The summed E-state index contributed by atoms with van der Waals surface area (Å²) in [6.45, 7) is 2.83. The Kier molecular flexibility index (Phi) is 4.01. The largest absolute Gasteiger partial charge is 0.370 e. The van der Waals surface area contributed by atoms with Crippen LogP contribution in [0.3, 0.4) is 0 Å². The number of sulfone groups is 1. The lowest BCUT2D eigenvalue weighted by Crippen LogP contribution is -2.35. The molecule has 1 saturated carbocycles. The molecule has 0 radical (unpaired) electrons. The van der Waals surface area contributed by atoms with Crippen LogP contribution in [-0.2, 0) is 9.84 Å². The van der Waals surface area contributed by atoms with E-state index in [1.807, 2.05) is 13.0 Å². The van der Waals surface area contributed by atoms with Crippen LogP contribution in [-0.4, -0.2) is 42.5 Å². The van der Waals surface area contributed by atoms with Gasteiger partial charge in [0.25, 0.3) is 0 Å². The Balaban J connectivity index is 1.77. The van der Waals surface area contributed by atoms with Crippen LogP contribution in [0.25, 0.3) is 0 Å². The normalized spacial score (nSPS) is 24.5. The molecule has 3 rings (SSSR count). The van der Waals surface area contributed by atoms with Crippen LogP contribution in [0, 0.1) is 0 Å². The van der Waals surface area contributed by atoms with Crippen LogP contribution < -0.4 is 10.6 Å². The lowest BCUT2D eigenvalue weighted by molar-refractivity contribution is 0.561. The van der Waals surface area contributed by atoms with Crippen molar-refractivity contribution in [2.75, 3.05) is 28.7 Å². The van der Waals surface area contributed by atoms with E-state index in [2.05, 4.69) is 20.6 Å². The highest BCUT2D eigenvalue weighted by molar-refractivity contribution is 7.91. The Morgan fingerprint density at radius 3 is 2.67 bits per heavy atom. The molecule has 0 spiro atoms. The molecule has 2 aliphatic rings. The summed E-state index contributed by atoms with van der Waals surface area (Å²) in [7, 11) is -2.91. The van der Waals surface area contributed by atoms with Gasteiger partial charge in [-0.3, -0.25) is 0 Å². The third-order valence-electron chi connectivity index (χ3n) is 3.86. The summed E-state index contributed by atoms with van der Waals surface area (Å²) in [5.74, 6) is 3.41. The first kappa shape index (κ1) is 14.6. The van der Waals surface area contributed by atoms with Crippen molar-refractivity contribution in [2.45, 2.75) is 44.6 Å². The van der Waals surface area contributed by atoms with Crippen LogP contribution in [0.1, 0.15) is 44.3 Å². The van der Waals surface area contributed by atoms with E-state index >= 15 is 0 Å². The first-order valence-electron chi connectivity index (χ1n) is 7.65. The van der Waals surface area contributed by atoms with Crippen molar-refractivity contribution in [3.05, 3.63) is 11.9 Å². The molecule has 1 aliphatic carbocycles. The third kappa shape index (κ3) is 3.84. The summed E-state index contributed by atoms with van der Waals surface area (Å²) in [6.07, 6.45) is 3.89. The van der Waals surface area contributed by atoms with Gasteiger partial charge in [-0.05, 0) is 32.6 Å². The number of aromatic nitrogens is 2. The molecule has 21 heavy (non-hydrogen) atoms. The maximum absolute atomic E-state index is 11.7. The maximum Gasteiger partial charge on any atom is 0.152 e. The van der Waals surface area contributed by atoms with Gasteiger partial charge in [-0.1, -0.05) is 0 Å². The topological polar surface area (TPSA) is 84.0 Å². The fourth-order valence-corrected chi connectivity index (χ4v) is 4.32. The van der Waals surface area contributed by atoms with Crippen LogP contribution in [0.4, 0.5) is 11.6 Å². The van der Waals surface area contributed by atoms with Crippen LogP contribution >= 0.6 is 0 Å². The van der Waals surface area contributed by atoms with E-state index in [0.29, 0.717) is 11.7 Å². The number of nitrogens with zero attached hydrogens (tertiary/aromatic N) is 2. The summed E-state index contributed by atoms with van der Waals surface area (Å²) in [6, 6.07) is 1.83. The molecule has 1 aliphatic heterocycles. The average Bonchev–Trinajstić information content (AvgIpc) is 3.21. The van der Waals surface area contributed by atoms with Gasteiger partial charge in [-0.15, -0.1) is 0 Å². The molecule has 1 atom stereocenters. The molecule has 6 nitrogen and oxygen atoms in total. The van der Waals surface area contributed by atoms with Gasteiger partial charge in [0.2, 0.25) is 0 Å². The second-order valence-electron chi connectivity index (χ2n) is 5.90. The van der Waals surface area contributed by atoms with Gasteiger partial charge in [0, 0.05) is 24.6 Å². The molecule has 0 amide bonds. The van der Waals surface area contributed by atoms with Crippen molar-refractivity contribution in [1.29, 1.82) is 0 Å². The van der Waals surface area contributed by atoms with Gasteiger partial charge in [0.05, 0.1) is 11.5 Å². The van der Waals surface area contributed by atoms with Gasteiger partial charge in [0.1, 0.15) is 17.5 Å². The van der Waals surface area contributed by atoms with Gasteiger partial charge in [-0.2, -0.15) is 0 Å². The molecule has 1 aromatic rings. The van der Waals surface area contributed by atoms with E-state index in [9.17, 15) is 8.42 Å². The minimum absolute atomic E-state index is 0.0415. The first-order valence-corrected chi connectivity index (χ1v) is 9.47. The Morgan fingerprint density at radius 2 is 2.00 bits per heavy atom. The van der Waals surface area contributed by atoms with Crippen molar-refractivity contribution in [3.63, 3.8) is 0 Å². The third-order valence-corrected chi connectivity index (χ3v) is 5.68. The van der Waals surface area contributed by atoms with Gasteiger partial charge < -0.3 is 10.6 Å². The van der Waals surface area contributed by atoms with Crippen LogP contribution in [0.15, 0.2) is 6.07 Å². The lowest BCUT2D eigenvalue weighted by atomic mass is 10.2. The van der Waals surface area contributed by atoms with E-state index < -0.39 is 9.84 Å². The molecule has 1 unspecified atom stereocenters. The number of hydrogen-bond donors (Lipinski definition) is 2. The molecule has 1 aromatic heterocycles. The standard InChI is InChI=1S/C14H22N4O2S/c1-2-15-12-8-13(18-14(17-12)10-5-6-10)16-11-4-3-7-21(19,20)9-11/h8,10-11H,2-7,9H2,1H3,(H2,15,16,17,18). The van der Waals surface area contributed by atoms with E-state index in [4.69, 9.17) is 0 Å². The minimum Gasteiger partial charge on any atom is -0.370 e. The lowest BCUT2D eigenvalue weighted by Gasteiger charge is -2.23. The highest BCUT2D eigenvalue weighted by atomic mass is 32.2.